The average molecular weight is 454 g/mol. The molecule has 5 nitrogen and oxygen atoms in total. The Balaban J connectivity index is 1.50. The first-order valence-corrected chi connectivity index (χ1v) is 11.3. The molecule has 1 amide bonds. The fourth-order valence-electron chi connectivity index (χ4n) is 3.94. The quantitative estimate of drug-likeness (QED) is 0.488. The number of amides is 1. The Labute approximate surface area is 195 Å². The third-order valence-corrected chi connectivity index (χ3v) is 5.54. The second-order valence-electron chi connectivity index (χ2n) is 9.35. The molecule has 176 valence electrons. The fraction of sp³-hybridized carbons (Fsp3) is 0.407. The molecule has 0 unspecified atom stereocenters. The molecular weight excluding hydrogens is 421 g/mol. The van der Waals surface area contributed by atoms with E-state index in [1.165, 1.54) is 11.1 Å². The van der Waals surface area contributed by atoms with E-state index in [9.17, 15) is 14.0 Å². The van der Waals surface area contributed by atoms with Gasteiger partial charge in [-0.05, 0) is 81.3 Å². The average Bonchev–Trinajstić information content (AvgIpc) is 2.78. The zero-order valence-electron chi connectivity index (χ0n) is 19.5. The minimum atomic E-state index is -0.625. The van der Waals surface area contributed by atoms with Crippen LogP contribution in [0.15, 0.2) is 60.4 Å². The summed E-state index contributed by atoms with van der Waals surface area (Å²) in [6, 6.07) is 15.3. The molecular formula is C27H32FNO4. The van der Waals surface area contributed by atoms with E-state index in [4.69, 9.17) is 9.47 Å². The molecule has 0 bridgehead atoms. The van der Waals surface area contributed by atoms with Crippen molar-refractivity contribution in [2.75, 3.05) is 13.2 Å². The number of halogens is 1. The lowest BCUT2D eigenvalue weighted by atomic mass is 9.79. The van der Waals surface area contributed by atoms with Gasteiger partial charge in [-0.25, -0.2) is 9.18 Å². The summed E-state index contributed by atoms with van der Waals surface area (Å²) in [7, 11) is 0. The number of hydrogen-bond donors (Lipinski definition) is 1. The maximum Gasteiger partial charge on any atom is 0.407 e. The molecule has 0 fully saturated rings. The van der Waals surface area contributed by atoms with Crippen molar-refractivity contribution in [3.63, 3.8) is 0 Å². The van der Waals surface area contributed by atoms with Gasteiger partial charge in [0.2, 0.25) is 0 Å². The van der Waals surface area contributed by atoms with E-state index < -0.39 is 11.7 Å². The van der Waals surface area contributed by atoms with Crippen LogP contribution in [0, 0.1) is 0 Å². The lowest BCUT2D eigenvalue weighted by Crippen LogP contribution is -2.34. The summed E-state index contributed by atoms with van der Waals surface area (Å²) in [5.74, 6) is 0.883. The highest BCUT2D eigenvalue weighted by Gasteiger charge is 2.23. The van der Waals surface area contributed by atoms with E-state index >= 15 is 0 Å². The number of nitrogens with one attached hydrogen (secondary N) is 1. The van der Waals surface area contributed by atoms with Gasteiger partial charge in [0.05, 0.1) is 6.33 Å². The van der Waals surface area contributed by atoms with Crippen LogP contribution in [0.3, 0.4) is 0 Å². The molecule has 0 aromatic heterocycles. The van der Waals surface area contributed by atoms with Crippen LogP contribution in [0.1, 0.15) is 67.4 Å². The summed E-state index contributed by atoms with van der Waals surface area (Å²) in [4.78, 5) is 24.6. The Morgan fingerprint density at radius 2 is 1.85 bits per heavy atom. The van der Waals surface area contributed by atoms with E-state index in [0.717, 1.165) is 19.3 Å². The van der Waals surface area contributed by atoms with E-state index in [1.807, 2.05) is 6.07 Å². The van der Waals surface area contributed by atoms with Crippen molar-refractivity contribution >= 4 is 11.9 Å². The summed E-state index contributed by atoms with van der Waals surface area (Å²) >= 11 is 0. The monoisotopic (exact) mass is 453 g/mol. The zero-order chi connectivity index (χ0) is 23.8. The van der Waals surface area contributed by atoms with E-state index in [1.54, 1.807) is 45.0 Å². The Morgan fingerprint density at radius 1 is 1.12 bits per heavy atom. The van der Waals surface area contributed by atoms with Crippen LogP contribution in [-0.4, -0.2) is 30.6 Å². The van der Waals surface area contributed by atoms with Gasteiger partial charge in [-0.15, -0.1) is 0 Å². The number of carbonyl (C=O) groups is 2. The fourth-order valence-corrected chi connectivity index (χ4v) is 3.94. The predicted molar refractivity (Wildman–Crippen MR) is 126 cm³/mol. The number of ether oxygens (including phenoxy) is 2. The first kappa shape index (κ1) is 24.5. The Morgan fingerprint density at radius 3 is 2.55 bits per heavy atom. The Bertz CT molecular complexity index is 992. The van der Waals surface area contributed by atoms with Gasteiger partial charge in [0.1, 0.15) is 18.0 Å². The Kier molecular flexibility index (Phi) is 8.26. The normalized spacial score (nSPS) is 16.0. The molecule has 0 aliphatic heterocycles. The number of ketones is 1. The standard InChI is InChI=1S/C27H32FNO4/c1-27(2,3)33-26(31)29-17-19(16-28)18-32-23-13-11-21(12-14-23)25(30)15-22-9-6-8-20-7-4-5-10-24(20)22/h4-5,7,10-14,16,22H,6,8-9,15,17-18H2,1-3H3,(H,29,31)/t22-/m1/s1. The second-order valence-corrected chi connectivity index (χ2v) is 9.35. The third-order valence-electron chi connectivity index (χ3n) is 5.54. The summed E-state index contributed by atoms with van der Waals surface area (Å²) in [6.07, 6.45) is 3.49. The smallest absolute Gasteiger partial charge is 0.407 e. The van der Waals surface area contributed by atoms with Gasteiger partial charge in [0, 0.05) is 24.1 Å². The van der Waals surface area contributed by atoms with Crippen LogP contribution in [0.4, 0.5) is 9.18 Å². The molecule has 3 rings (SSSR count). The van der Waals surface area contributed by atoms with Gasteiger partial charge in [-0.2, -0.15) is 0 Å². The minimum absolute atomic E-state index is 0.0230. The van der Waals surface area contributed by atoms with Gasteiger partial charge < -0.3 is 14.8 Å². The summed E-state index contributed by atoms with van der Waals surface area (Å²) in [5.41, 5.74) is 2.92. The molecule has 33 heavy (non-hydrogen) atoms. The largest absolute Gasteiger partial charge is 0.489 e. The molecule has 2 aromatic carbocycles. The number of rotatable bonds is 8. The van der Waals surface area contributed by atoms with Crippen molar-refractivity contribution in [3.05, 3.63) is 77.1 Å². The Hall–Kier alpha value is -3.15. The highest BCUT2D eigenvalue weighted by molar-refractivity contribution is 5.96. The molecule has 0 spiro atoms. The number of hydrogen-bond acceptors (Lipinski definition) is 4. The molecule has 1 aliphatic rings. The minimum Gasteiger partial charge on any atom is -0.489 e. The first-order chi connectivity index (χ1) is 15.7. The highest BCUT2D eigenvalue weighted by atomic mass is 19.1. The highest BCUT2D eigenvalue weighted by Crippen LogP contribution is 2.34. The van der Waals surface area contributed by atoms with Crippen LogP contribution in [-0.2, 0) is 11.2 Å². The molecule has 1 atom stereocenters. The van der Waals surface area contributed by atoms with E-state index in [2.05, 4.69) is 23.5 Å². The zero-order valence-corrected chi connectivity index (χ0v) is 19.5. The van der Waals surface area contributed by atoms with Crippen molar-refractivity contribution in [3.8, 4) is 5.75 Å². The second kappa shape index (κ2) is 11.1. The van der Waals surface area contributed by atoms with Crippen molar-refractivity contribution < 1.29 is 23.5 Å². The van der Waals surface area contributed by atoms with Gasteiger partial charge >= 0.3 is 6.09 Å². The van der Waals surface area contributed by atoms with Crippen LogP contribution in [0.2, 0.25) is 0 Å². The molecule has 6 heteroatoms. The van der Waals surface area contributed by atoms with Gasteiger partial charge in [-0.3, -0.25) is 4.79 Å². The van der Waals surface area contributed by atoms with Gasteiger partial charge in [0.15, 0.2) is 5.78 Å². The number of carbonyl (C=O) groups excluding carboxylic acids is 2. The van der Waals surface area contributed by atoms with Gasteiger partial charge in [0.25, 0.3) is 0 Å². The maximum absolute atomic E-state index is 13.2. The van der Waals surface area contributed by atoms with Crippen LogP contribution in [0.25, 0.3) is 0 Å². The molecule has 1 aliphatic carbocycles. The summed E-state index contributed by atoms with van der Waals surface area (Å²) < 4.78 is 23.9. The molecule has 0 radical (unpaired) electrons. The molecule has 1 N–H and O–H groups in total. The molecule has 0 saturated carbocycles. The number of Topliss-reactive ketones (excluding diaryl/α,β-unsaturated/α-hetero) is 1. The van der Waals surface area contributed by atoms with Crippen molar-refractivity contribution in [2.24, 2.45) is 0 Å². The topological polar surface area (TPSA) is 64.6 Å². The van der Waals surface area contributed by atoms with Crippen LogP contribution < -0.4 is 10.1 Å². The number of benzene rings is 2. The predicted octanol–water partition coefficient (Wildman–Crippen LogP) is 6.14. The lowest BCUT2D eigenvalue weighted by Gasteiger charge is -2.25. The van der Waals surface area contributed by atoms with Crippen molar-refractivity contribution in [1.29, 1.82) is 0 Å². The molecule has 0 saturated heterocycles. The van der Waals surface area contributed by atoms with Crippen molar-refractivity contribution in [1.82, 2.24) is 5.32 Å². The summed E-state index contributed by atoms with van der Waals surface area (Å²) in [6.45, 7) is 5.21. The number of alkyl carbamates (subject to hydrolysis) is 1. The molecule has 2 aromatic rings. The third kappa shape index (κ3) is 7.45. The van der Waals surface area contributed by atoms with Gasteiger partial charge in [-0.1, -0.05) is 24.3 Å². The summed E-state index contributed by atoms with van der Waals surface area (Å²) in [5, 5.41) is 2.50. The van der Waals surface area contributed by atoms with Crippen LogP contribution >= 0.6 is 0 Å². The van der Waals surface area contributed by atoms with Crippen molar-refractivity contribution in [2.45, 2.75) is 58.0 Å². The maximum atomic E-state index is 13.2. The molecule has 0 heterocycles. The lowest BCUT2D eigenvalue weighted by molar-refractivity contribution is 0.0531. The first-order valence-electron chi connectivity index (χ1n) is 11.3. The SMILES string of the molecule is CC(C)(C)OC(=O)NCC(=CF)COc1ccc(C(=O)C[C@H]2CCCc3ccccc32)cc1. The van der Waals surface area contributed by atoms with E-state index in [0.29, 0.717) is 24.1 Å². The number of aryl methyl sites for hydroxylation is 1. The van der Waals surface area contributed by atoms with E-state index in [-0.39, 0.29) is 30.4 Å². The van der Waals surface area contributed by atoms with Crippen LogP contribution in [0.5, 0.6) is 5.75 Å². The number of fused-ring (bicyclic) bond motifs is 1.